The maximum atomic E-state index is 14.3. The molecule has 0 bridgehead atoms. The third-order valence-electron chi connectivity index (χ3n) is 12.7. The van der Waals surface area contributed by atoms with Crippen molar-refractivity contribution in [2.75, 3.05) is 48.5 Å². The molecule has 0 unspecified atom stereocenters. The molecule has 24 heteroatoms. The van der Waals surface area contributed by atoms with Crippen LogP contribution in [0.15, 0.2) is 107 Å². The van der Waals surface area contributed by atoms with Gasteiger partial charge in [0.05, 0.1) is 49.4 Å². The zero-order chi connectivity index (χ0) is 56.7. The fourth-order valence-electron chi connectivity index (χ4n) is 9.10. The molecule has 0 fully saturated rings. The Balaban J connectivity index is 1.17. The van der Waals surface area contributed by atoms with E-state index in [0.717, 1.165) is 0 Å². The number of carbonyl (C=O) groups excluding carboxylic acids is 2. The van der Waals surface area contributed by atoms with Crippen LogP contribution in [0.4, 0.5) is 23.0 Å². The van der Waals surface area contributed by atoms with Gasteiger partial charge in [-0.05, 0) is 96.5 Å². The van der Waals surface area contributed by atoms with Crippen LogP contribution < -0.4 is 39.0 Å². The second kappa shape index (κ2) is 21.5. The largest absolute Gasteiger partial charge is 0.507 e. The van der Waals surface area contributed by atoms with E-state index in [0.29, 0.717) is 33.6 Å². The number of methoxy groups -OCH3 is 4. The van der Waals surface area contributed by atoms with Gasteiger partial charge in [-0.3, -0.25) is 19.0 Å². The van der Waals surface area contributed by atoms with Crippen molar-refractivity contribution in [1.82, 2.24) is 19.9 Å². The smallest absolute Gasteiger partial charge is 0.321 e. The van der Waals surface area contributed by atoms with Gasteiger partial charge in [0.1, 0.15) is 11.5 Å². The van der Waals surface area contributed by atoms with Gasteiger partial charge >= 0.3 is 12.0 Å². The lowest BCUT2D eigenvalue weighted by atomic mass is 9.75. The molecule has 0 spiro atoms. The summed E-state index contributed by atoms with van der Waals surface area (Å²) in [7, 11) is -3.08. The van der Waals surface area contributed by atoms with Crippen LogP contribution >= 0.6 is 0 Å². The highest BCUT2D eigenvalue weighted by Crippen LogP contribution is 2.54. The van der Waals surface area contributed by atoms with E-state index in [2.05, 4.69) is 40.0 Å². The fourth-order valence-corrected chi connectivity index (χ4v) is 11.1. The number of ketones is 2. The number of aliphatic hydroxyl groups excluding tert-OH is 2. The van der Waals surface area contributed by atoms with Gasteiger partial charge in [0.15, 0.2) is 23.2 Å². The predicted molar refractivity (Wildman–Crippen MR) is 291 cm³/mol. The lowest BCUT2D eigenvalue weighted by molar-refractivity contribution is -0.113. The van der Waals surface area contributed by atoms with Gasteiger partial charge in [0, 0.05) is 69.3 Å². The lowest BCUT2D eigenvalue weighted by Gasteiger charge is -2.29. The summed E-state index contributed by atoms with van der Waals surface area (Å²) in [6.45, 7) is 10.5. The van der Waals surface area contributed by atoms with E-state index in [1.807, 2.05) is 0 Å². The number of sulfonamides is 2. The molecule has 8 rings (SSSR count). The second-order valence-corrected chi connectivity index (χ2v) is 21.8. The first-order valence-electron chi connectivity index (χ1n) is 23.8. The normalized spacial score (nSPS) is 14.7. The fraction of sp³-hybridized carbons (Fsp3) is 0.222. The van der Waals surface area contributed by atoms with E-state index in [-0.39, 0.29) is 89.8 Å². The number of aryl methyl sites for hydroxylation is 2. The Labute approximate surface area is 449 Å². The minimum Gasteiger partial charge on any atom is -0.507 e. The molecule has 2 aromatic heterocycles. The third kappa shape index (κ3) is 10.4. The summed E-state index contributed by atoms with van der Waals surface area (Å²) in [6, 6.07) is 16.6. The number of aliphatic hydroxyl groups is 2. The highest BCUT2D eigenvalue weighted by atomic mass is 32.2. The van der Waals surface area contributed by atoms with Crippen molar-refractivity contribution < 1.29 is 65.8 Å². The van der Waals surface area contributed by atoms with Crippen molar-refractivity contribution in [3.8, 4) is 46.4 Å². The third-order valence-corrected chi connectivity index (χ3v) is 15.4. The molecule has 2 aliphatic carbocycles. The van der Waals surface area contributed by atoms with E-state index < -0.39 is 66.5 Å². The maximum absolute atomic E-state index is 14.3. The Morgan fingerprint density at radius 2 is 0.846 bits per heavy atom. The topological polar surface area (TPSA) is 320 Å². The number of hydrogen-bond donors (Lipinski definition) is 8. The summed E-state index contributed by atoms with van der Waals surface area (Å²) < 4.78 is 78.6. The van der Waals surface area contributed by atoms with E-state index in [1.165, 1.54) is 102 Å². The molecular weight excluding hydrogens is 1050 g/mol. The molecule has 22 nitrogen and oxygen atoms in total. The number of nitrogens with one attached hydrogen (secondary N) is 4. The Hall–Kier alpha value is -9.16. The molecule has 0 aliphatic heterocycles. The van der Waals surface area contributed by atoms with Crippen molar-refractivity contribution in [1.29, 1.82) is 0 Å². The van der Waals surface area contributed by atoms with Crippen LogP contribution in [0.2, 0.25) is 0 Å². The van der Waals surface area contributed by atoms with E-state index in [1.54, 1.807) is 53.7 Å². The molecule has 78 heavy (non-hydrogen) atoms. The first kappa shape index (κ1) is 55.1. The molecule has 406 valence electrons. The summed E-state index contributed by atoms with van der Waals surface area (Å²) >= 11 is 0. The van der Waals surface area contributed by atoms with Crippen LogP contribution in [0.3, 0.4) is 0 Å². The number of phenolic OH excluding ortho intramolecular Hbond substituents is 2. The number of anilines is 4. The summed E-state index contributed by atoms with van der Waals surface area (Å²) in [4.78, 5) is 44.2. The number of allylic oxidation sites excluding steroid dienone is 4. The van der Waals surface area contributed by atoms with Crippen LogP contribution in [0, 0.1) is 25.7 Å². The minimum absolute atomic E-state index is 0.0105. The minimum atomic E-state index is -4.20. The molecule has 0 saturated carbocycles. The van der Waals surface area contributed by atoms with Crippen LogP contribution in [-0.4, -0.2) is 97.2 Å². The summed E-state index contributed by atoms with van der Waals surface area (Å²) in [5.74, 6) is -4.65. The van der Waals surface area contributed by atoms with Crippen molar-refractivity contribution in [3.05, 3.63) is 130 Å². The number of hydrogen-bond acceptors (Lipinski definition) is 20. The van der Waals surface area contributed by atoms with Crippen molar-refractivity contribution in [2.45, 2.75) is 51.3 Å². The van der Waals surface area contributed by atoms with E-state index in [4.69, 9.17) is 18.9 Å². The molecule has 0 atom stereocenters. The van der Waals surface area contributed by atoms with Crippen molar-refractivity contribution in [3.63, 3.8) is 0 Å². The molecule has 4 aromatic carbocycles. The number of phenols is 2. The average molecular weight is 1100 g/mol. The molecule has 0 amide bonds. The van der Waals surface area contributed by atoms with Crippen LogP contribution in [0.1, 0.15) is 61.1 Å². The second-order valence-electron chi connectivity index (χ2n) is 18.4. The molecular formula is C54H54N8O14S2. The van der Waals surface area contributed by atoms with Crippen LogP contribution in [0.25, 0.3) is 33.4 Å². The van der Waals surface area contributed by atoms with Gasteiger partial charge in [-0.1, -0.05) is 39.8 Å². The summed E-state index contributed by atoms with van der Waals surface area (Å²) in [6.07, 6.45) is 2.54. The molecule has 8 N–H and O–H groups in total. The van der Waals surface area contributed by atoms with E-state index >= 15 is 0 Å². The van der Waals surface area contributed by atoms with Crippen molar-refractivity contribution in [2.24, 2.45) is 11.8 Å². The number of aromatic hydroxyl groups is 2. The number of ether oxygens (including phenoxy) is 4. The highest BCUT2D eigenvalue weighted by Gasteiger charge is 2.39. The Morgan fingerprint density at radius 3 is 1.15 bits per heavy atom. The lowest BCUT2D eigenvalue weighted by Crippen LogP contribution is -2.20. The van der Waals surface area contributed by atoms with Crippen LogP contribution in [0.5, 0.6) is 35.3 Å². The zero-order valence-corrected chi connectivity index (χ0v) is 45.3. The highest BCUT2D eigenvalue weighted by molar-refractivity contribution is 7.93. The number of carbonyl (C=O) groups is 2. The monoisotopic (exact) mass is 1100 g/mol. The maximum Gasteiger partial charge on any atom is 0.321 e. The van der Waals surface area contributed by atoms with E-state index in [9.17, 15) is 46.9 Å². The number of aromatic nitrogens is 4. The van der Waals surface area contributed by atoms with Gasteiger partial charge < -0.3 is 50.0 Å². The van der Waals surface area contributed by atoms with Crippen LogP contribution in [-0.2, 0) is 29.6 Å². The van der Waals surface area contributed by atoms with Gasteiger partial charge in [-0.25, -0.2) is 16.8 Å². The van der Waals surface area contributed by atoms with Gasteiger partial charge in [-0.15, -0.1) is 0 Å². The Bertz CT molecular complexity index is 3520. The SMILES string of the molecule is COc1cc(NS(=O)(=O)c2ccc(NC=C3C(=O)C(O)=C(C(C)C)c4cc(C)c(-c5c(C)cc6c(c5O)/C(=C/Nc5ccc(S(=O)(=O)Nc7cc(OC)nc(OC)n7)cc5)C(=O)C(O)=C6C(C)C)c(O)c43)cc2)nc(OC)n1. The molecule has 0 radical (unpaired) electrons. The molecule has 2 aliphatic rings. The van der Waals surface area contributed by atoms with Crippen molar-refractivity contribution >= 4 is 76.9 Å². The summed E-state index contributed by atoms with van der Waals surface area (Å²) in [5, 5.41) is 54.2. The summed E-state index contributed by atoms with van der Waals surface area (Å²) in [5.41, 5.74) is 2.45. The zero-order valence-electron chi connectivity index (χ0n) is 43.7. The standard InChI is InChI=1S/C54H54N8O14S2/c1-25(2)41-33-19-27(5)43(49(65)45(33)35(47(63)51(41)67)23-55-29-11-15-31(16-12-29)77(69,70)61-37-21-39(73-7)59-53(57-37)75-9)44-28(6)20-34-42(26(3)4)52(68)48(64)36(46(34)50(44)66)24-56-30-13-17-32(18-14-30)78(71,72)62-38-22-40(74-8)60-54(58-38)76-10/h11-26,55-56,65-68H,1-10H3,(H,57,59,61)(H,58,60,62)/b35-23-,36-24?. The first-order chi connectivity index (χ1) is 36.9. The Morgan fingerprint density at radius 1 is 0.500 bits per heavy atom. The number of Topliss-reactive ketones (excluding diaryl/α,β-unsaturated/α-hetero) is 2. The average Bonchev–Trinajstić information content (AvgIpc) is 3.41. The van der Waals surface area contributed by atoms with Gasteiger partial charge in [0.2, 0.25) is 23.3 Å². The quantitative estimate of drug-likeness (QED) is 0.0397. The molecule has 6 aromatic rings. The molecule has 2 heterocycles. The number of benzene rings is 4. The van der Waals surface area contributed by atoms with Gasteiger partial charge in [0.25, 0.3) is 20.0 Å². The van der Waals surface area contributed by atoms with Gasteiger partial charge in [-0.2, -0.15) is 19.9 Å². The predicted octanol–water partition coefficient (Wildman–Crippen LogP) is 8.52. The molecule has 0 saturated heterocycles. The Kier molecular flexibility index (Phi) is 15.2. The number of nitrogens with zero attached hydrogens (tertiary/aromatic N) is 4. The number of rotatable bonds is 17. The number of fused-ring (bicyclic) bond motifs is 2. The first-order valence-corrected chi connectivity index (χ1v) is 26.7.